The van der Waals surface area contributed by atoms with Gasteiger partial charge in [0.25, 0.3) is 0 Å². The number of ether oxygens (including phenoxy) is 1. The molecule has 28 heavy (non-hydrogen) atoms. The number of amides is 1. The molecule has 1 aromatic carbocycles. The molecule has 146 valence electrons. The number of carbonyl (C=O) groups is 1. The molecule has 0 unspecified atom stereocenters. The van der Waals surface area contributed by atoms with Gasteiger partial charge in [0.2, 0.25) is 5.91 Å². The van der Waals surface area contributed by atoms with Crippen LogP contribution >= 0.6 is 23.1 Å². The molecule has 2 heterocycles. The number of carbonyl (C=O) groups excluding carboxylic acids is 1. The maximum absolute atomic E-state index is 12.7. The summed E-state index contributed by atoms with van der Waals surface area (Å²) in [5, 5.41) is 4.86. The lowest BCUT2D eigenvalue weighted by Gasteiger charge is -2.15. The molecule has 5 nitrogen and oxygen atoms in total. The smallest absolute Gasteiger partial charge is 0.233 e. The lowest BCUT2D eigenvalue weighted by atomic mass is 9.97. The fraction of sp³-hybridized carbons (Fsp3) is 0.381. The molecule has 1 aliphatic rings. The first-order valence-electron chi connectivity index (χ1n) is 9.49. The summed E-state index contributed by atoms with van der Waals surface area (Å²) < 4.78 is 5.35. The Morgan fingerprint density at radius 1 is 1.29 bits per heavy atom. The van der Waals surface area contributed by atoms with E-state index in [0.717, 1.165) is 39.4 Å². The number of para-hydroxylation sites is 1. The predicted octanol–water partition coefficient (Wildman–Crippen LogP) is 4.38. The summed E-state index contributed by atoms with van der Waals surface area (Å²) in [6.07, 6.45) is 6.30. The zero-order valence-corrected chi connectivity index (χ0v) is 17.7. The number of thioether (sulfide) groups is 1. The lowest BCUT2D eigenvalue weighted by Crippen LogP contribution is -2.30. The Balaban J connectivity index is 1.48. The molecule has 0 saturated carbocycles. The van der Waals surface area contributed by atoms with Crippen LogP contribution in [0.25, 0.3) is 10.2 Å². The molecule has 7 heteroatoms. The van der Waals surface area contributed by atoms with Crippen molar-refractivity contribution < 1.29 is 9.53 Å². The summed E-state index contributed by atoms with van der Waals surface area (Å²) in [7, 11) is 1.64. The number of hydrogen-bond donors (Lipinski definition) is 1. The van der Waals surface area contributed by atoms with Crippen LogP contribution < -0.4 is 10.1 Å². The summed E-state index contributed by atoms with van der Waals surface area (Å²) in [5.74, 6) is 0.775. The summed E-state index contributed by atoms with van der Waals surface area (Å²) >= 11 is 3.30. The van der Waals surface area contributed by atoms with Crippen molar-refractivity contribution in [3.63, 3.8) is 0 Å². The molecule has 0 radical (unpaired) electrons. The Bertz CT molecular complexity index is 1000. The number of benzene rings is 1. The molecule has 4 rings (SSSR count). The van der Waals surface area contributed by atoms with Gasteiger partial charge in [-0.05, 0) is 44.2 Å². The van der Waals surface area contributed by atoms with Crippen molar-refractivity contribution in [3.05, 3.63) is 46.6 Å². The summed E-state index contributed by atoms with van der Waals surface area (Å²) in [6, 6.07) is 7.73. The minimum Gasteiger partial charge on any atom is -0.496 e. The van der Waals surface area contributed by atoms with E-state index in [1.165, 1.54) is 35.0 Å². The topological polar surface area (TPSA) is 64.1 Å². The number of fused-ring (bicyclic) bond motifs is 3. The Morgan fingerprint density at radius 2 is 2.11 bits per heavy atom. The summed E-state index contributed by atoms with van der Waals surface area (Å²) in [5.41, 5.74) is 2.36. The van der Waals surface area contributed by atoms with Crippen LogP contribution in [0.15, 0.2) is 35.6 Å². The average Bonchev–Trinajstić information content (AvgIpc) is 3.11. The molecule has 0 spiro atoms. The largest absolute Gasteiger partial charge is 0.496 e. The van der Waals surface area contributed by atoms with E-state index in [-0.39, 0.29) is 11.2 Å². The van der Waals surface area contributed by atoms with Crippen molar-refractivity contribution in [1.82, 2.24) is 15.3 Å². The SMILES string of the molecule is COc1ccccc1CNC(=O)[C@H](C)Sc1ncnc2sc3c(c12)CCCC3. The third-order valence-electron chi connectivity index (χ3n) is 5.02. The van der Waals surface area contributed by atoms with Crippen LogP contribution in [0.5, 0.6) is 5.75 Å². The number of methoxy groups -OCH3 is 1. The van der Waals surface area contributed by atoms with Gasteiger partial charge in [0.05, 0.1) is 12.4 Å². The molecule has 1 atom stereocenters. The van der Waals surface area contributed by atoms with Crippen LogP contribution in [-0.4, -0.2) is 28.2 Å². The molecule has 3 aromatic rings. The van der Waals surface area contributed by atoms with E-state index in [4.69, 9.17) is 4.74 Å². The van der Waals surface area contributed by atoms with E-state index in [1.54, 1.807) is 24.8 Å². The quantitative estimate of drug-likeness (QED) is 0.480. The Morgan fingerprint density at radius 3 is 2.96 bits per heavy atom. The molecule has 0 saturated heterocycles. The van der Waals surface area contributed by atoms with E-state index >= 15 is 0 Å². The number of thiophene rings is 1. The molecule has 2 aromatic heterocycles. The molecule has 0 fully saturated rings. The van der Waals surface area contributed by atoms with Crippen molar-refractivity contribution in [3.8, 4) is 5.75 Å². The first kappa shape index (κ1) is 19.2. The van der Waals surface area contributed by atoms with Crippen molar-refractivity contribution in [2.45, 2.75) is 49.4 Å². The number of nitrogens with zero attached hydrogens (tertiary/aromatic N) is 2. The van der Waals surface area contributed by atoms with Gasteiger partial charge in [-0.15, -0.1) is 11.3 Å². The zero-order valence-electron chi connectivity index (χ0n) is 16.0. The van der Waals surface area contributed by atoms with Gasteiger partial charge < -0.3 is 10.1 Å². The van der Waals surface area contributed by atoms with Gasteiger partial charge >= 0.3 is 0 Å². The van der Waals surface area contributed by atoms with Crippen LogP contribution in [0.1, 0.15) is 35.8 Å². The Labute approximate surface area is 172 Å². The number of aryl methyl sites for hydroxylation is 2. The van der Waals surface area contributed by atoms with E-state index in [9.17, 15) is 4.79 Å². The van der Waals surface area contributed by atoms with E-state index in [0.29, 0.717) is 6.54 Å². The fourth-order valence-electron chi connectivity index (χ4n) is 3.55. The van der Waals surface area contributed by atoms with Gasteiger partial charge in [0, 0.05) is 22.4 Å². The number of nitrogens with one attached hydrogen (secondary N) is 1. The minimum atomic E-state index is -0.244. The first-order valence-corrected chi connectivity index (χ1v) is 11.2. The number of hydrogen-bond acceptors (Lipinski definition) is 6. The molecular weight excluding hydrogens is 390 g/mol. The standard InChI is InChI=1S/C21H23N3O2S2/c1-13(19(25)22-11-14-7-3-5-9-16(14)26-2)27-20-18-15-8-4-6-10-17(15)28-21(18)24-12-23-20/h3,5,7,9,12-13H,4,6,8,10-11H2,1-2H3,(H,22,25)/t13-/m0/s1. The highest BCUT2D eigenvalue weighted by molar-refractivity contribution is 8.00. The van der Waals surface area contributed by atoms with Crippen molar-refractivity contribution >= 4 is 39.2 Å². The number of aromatic nitrogens is 2. The second kappa shape index (κ2) is 8.49. The van der Waals surface area contributed by atoms with E-state index in [2.05, 4.69) is 15.3 Å². The highest BCUT2D eigenvalue weighted by Gasteiger charge is 2.23. The lowest BCUT2D eigenvalue weighted by molar-refractivity contribution is -0.120. The van der Waals surface area contributed by atoms with Crippen LogP contribution in [0, 0.1) is 0 Å². The Kier molecular flexibility index (Phi) is 5.82. The molecule has 0 bridgehead atoms. The second-order valence-electron chi connectivity index (χ2n) is 6.86. The average molecular weight is 414 g/mol. The molecule has 1 N–H and O–H groups in total. The van der Waals surface area contributed by atoms with Gasteiger partial charge in [-0.1, -0.05) is 30.0 Å². The summed E-state index contributed by atoms with van der Waals surface area (Å²) in [6.45, 7) is 2.37. The summed E-state index contributed by atoms with van der Waals surface area (Å²) in [4.78, 5) is 24.1. The van der Waals surface area contributed by atoms with Gasteiger partial charge in [-0.25, -0.2) is 9.97 Å². The van der Waals surface area contributed by atoms with E-state index in [1.807, 2.05) is 31.2 Å². The fourth-order valence-corrected chi connectivity index (χ4v) is 5.81. The predicted molar refractivity (Wildman–Crippen MR) is 114 cm³/mol. The van der Waals surface area contributed by atoms with Crippen LogP contribution in [0.4, 0.5) is 0 Å². The molecule has 1 aliphatic carbocycles. The van der Waals surface area contributed by atoms with Crippen LogP contribution in [-0.2, 0) is 24.2 Å². The molecular formula is C21H23N3O2S2. The maximum Gasteiger partial charge on any atom is 0.233 e. The zero-order chi connectivity index (χ0) is 19.5. The highest BCUT2D eigenvalue weighted by atomic mass is 32.2. The van der Waals surface area contributed by atoms with Gasteiger partial charge in [-0.3, -0.25) is 4.79 Å². The molecule has 1 amide bonds. The van der Waals surface area contributed by atoms with Crippen molar-refractivity contribution in [2.24, 2.45) is 0 Å². The third-order valence-corrected chi connectivity index (χ3v) is 7.32. The normalized spacial score (nSPS) is 14.5. The Hall–Kier alpha value is -2.12. The highest BCUT2D eigenvalue weighted by Crippen LogP contribution is 2.40. The monoisotopic (exact) mass is 413 g/mol. The maximum atomic E-state index is 12.7. The van der Waals surface area contributed by atoms with E-state index < -0.39 is 0 Å². The van der Waals surface area contributed by atoms with Crippen LogP contribution in [0.2, 0.25) is 0 Å². The van der Waals surface area contributed by atoms with Crippen molar-refractivity contribution in [1.29, 1.82) is 0 Å². The van der Waals surface area contributed by atoms with Crippen molar-refractivity contribution in [2.75, 3.05) is 7.11 Å². The van der Waals surface area contributed by atoms with Gasteiger partial charge in [0.1, 0.15) is 21.9 Å². The molecule has 0 aliphatic heterocycles. The van der Waals surface area contributed by atoms with Crippen LogP contribution in [0.3, 0.4) is 0 Å². The minimum absolute atomic E-state index is 0.00762. The number of rotatable bonds is 6. The van der Waals surface area contributed by atoms with Gasteiger partial charge in [-0.2, -0.15) is 0 Å². The van der Waals surface area contributed by atoms with Gasteiger partial charge in [0.15, 0.2) is 0 Å². The third kappa shape index (κ3) is 3.86. The first-order chi connectivity index (χ1) is 13.7. The second-order valence-corrected chi connectivity index (χ2v) is 9.27.